The van der Waals surface area contributed by atoms with E-state index in [1.54, 1.807) is 7.11 Å². The minimum absolute atomic E-state index is 0.400. The zero-order valence-corrected chi connectivity index (χ0v) is 9.57. The van der Waals surface area contributed by atoms with Crippen molar-refractivity contribution < 1.29 is 4.74 Å². The Morgan fingerprint density at radius 2 is 2.13 bits per heavy atom. The Labute approximate surface area is 91.9 Å². The Kier molecular flexibility index (Phi) is 5.97. The molecule has 0 spiro atoms. The second-order valence-electron chi connectivity index (χ2n) is 3.67. The molecule has 84 valence electrons. The zero-order chi connectivity index (χ0) is 10.9. The summed E-state index contributed by atoms with van der Waals surface area (Å²) in [6.45, 7) is 3.96. The SMILES string of the molecule is CCCNC(COC)Cc1ccncc1. The molecule has 0 radical (unpaired) electrons. The zero-order valence-electron chi connectivity index (χ0n) is 9.57. The van der Waals surface area contributed by atoms with E-state index in [0.717, 1.165) is 26.0 Å². The van der Waals surface area contributed by atoms with Crippen LogP contribution in [0.2, 0.25) is 0 Å². The Morgan fingerprint density at radius 3 is 2.73 bits per heavy atom. The lowest BCUT2D eigenvalue weighted by Crippen LogP contribution is -2.35. The number of nitrogens with one attached hydrogen (secondary N) is 1. The lowest BCUT2D eigenvalue weighted by Gasteiger charge is -2.17. The van der Waals surface area contributed by atoms with Gasteiger partial charge in [-0.2, -0.15) is 0 Å². The van der Waals surface area contributed by atoms with Crippen molar-refractivity contribution in [3.8, 4) is 0 Å². The molecule has 0 saturated heterocycles. The minimum atomic E-state index is 0.400. The number of nitrogens with zero attached hydrogens (tertiary/aromatic N) is 1. The number of pyridine rings is 1. The van der Waals surface area contributed by atoms with Crippen LogP contribution in [0.3, 0.4) is 0 Å². The predicted octanol–water partition coefficient (Wildman–Crippen LogP) is 1.64. The van der Waals surface area contributed by atoms with E-state index >= 15 is 0 Å². The first-order chi connectivity index (χ1) is 7.36. The van der Waals surface area contributed by atoms with Crippen LogP contribution in [0.4, 0.5) is 0 Å². The van der Waals surface area contributed by atoms with E-state index in [1.165, 1.54) is 5.56 Å². The van der Waals surface area contributed by atoms with Gasteiger partial charge >= 0.3 is 0 Å². The average molecular weight is 208 g/mol. The molecule has 1 aromatic heterocycles. The van der Waals surface area contributed by atoms with Crippen LogP contribution in [-0.2, 0) is 11.2 Å². The van der Waals surface area contributed by atoms with Crippen molar-refractivity contribution in [2.75, 3.05) is 20.3 Å². The highest BCUT2D eigenvalue weighted by Gasteiger charge is 2.07. The quantitative estimate of drug-likeness (QED) is 0.739. The average Bonchev–Trinajstić information content (AvgIpc) is 2.28. The monoisotopic (exact) mass is 208 g/mol. The number of methoxy groups -OCH3 is 1. The molecule has 1 unspecified atom stereocenters. The maximum atomic E-state index is 5.20. The smallest absolute Gasteiger partial charge is 0.0619 e. The number of hydrogen-bond acceptors (Lipinski definition) is 3. The molecule has 1 N–H and O–H groups in total. The molecule has 0 bridgehead atoms. The van der Waals surface area contributed by atoms with Crippen molar-refractivity contribution in [1.82, 2.24) is 10.3 Å². The largest absolute Gasteiger partial charge is 0.383 e. The summed E-state index contributed by atoms with van der Waals surface area (Å²) < 4.78 is 5.20. The molecule has 3 heteroatoms. The Morgan fingerprint density at radius 1 is 1.40 bits per heavy atom. The molecular formula is C12H20N2O. The normalized spacial score (nSPS) is 12.7. The Bertz CT molecular complexity index is 251. The van der Waals surface area contributed by atoms with E-state index in [1.807, 2.05) is 12.4 Å². The van der Waals surface area contributed by atoms with E-state index in [0.29, 0.717) is 6.04 Å². The van der Waals surface area contributed by atoms with Crippen molar-refractivity contribution >= 4 is 0 Å². The van der Waals surface area contributed by atoms with Gasteiger partial charge in [-0.25, -0.2) is 0 Å². The van der Waals surface area contributed by atoms with E-state index in [9.17, 15) is 0 Å². The third-order valence-corrected chi connectivity index (χ3v) is 2.28. The minimum Gasteiger partial charge on any atom is -0.383 e. The van der Waals surface area contributed by atoms with Gasteiger partial charge in [-0.05, 0) is 37.1 Å². The summed E-state index contributed by atoms with van der Waals surface area (Å²) in [6.07, 6.45) is 5.81. The molecule has 0 fully saturated rings. The first-order valence-electron chi connectivity index (χ1n) is 5.48. The van der Waals surface area contributed by atoms with Gasteiger partial charge in [0.15, 0.2) is 0 Å². The van der Waals surface area contributed by atoms with Crippen LogP contribution in [0, 0.1) is 0 Å². The van der Waals surface area contributed by atoms with Crippen molar-refractivity contribution in [2.24, 2.45) is 0 Å². The van der Waals surface area contributed by atoms with Crippen molar-refractivity contribution in [3.63, 3.8) is 0 Å². The Balaban J connectivity index is 2.43. The molecule has 0 amide bonds. The van der Waals surface area contributed by atoms with Crippen LogP contribution in [-0.4, -0.2) is 31.3 Å². The fraction of sp³-hybridized carbons (Fsp3) is 0.583. The van der Waals surface area contributed by atoms with Crippen LogP contribution < -0.4 is 5.32 Å². The first-order valence-corrected chi connectivity index (χ1v) is 5.48. The number of ether oxygens (including phenoxy) is 1. The molecule has 1 atom stereocenters. The van der Waals surface area contributed by atoms with Gasteiger partial charge in [0.05, 0.1) is 6.61 Å². The summed E-state index contributed by atoms with van der Waals surface area (Å²) in [5.41, 5.74) is 1.30. The number of hydrogen-bond donors (Lipinski definition) is 1. The molecule has 1 rings (SSSR count). The van der Waals surface area contributed by atoms with Crippen LogP contribution >= 0.6 is 0 Å². The second kappa shape index (κ2) is 7.37. The van der Waals surface area contributed by atoms with Gasteiger partial charge < -0.3 is 10.1 Å². The molecule has 1 aromatic rings. The lowest BCUT2D eigenvalue weighted by atomic mass is 10.1. The number of rotatable bonds is 7. The molecular weight excluding hydrogens is 188 g/mol. The predicted molar refractivity (Wildman–Crippen MR) is 61.9 cm³/mol. The summed E-state index contributed by atoms with van der Waals surface area (Å²) in [7, 11) is 1.74. The van der Waals surface area contributed by atoms with Gasteiger partial charge in [-0.15, -0.1) is 0 Å². The van der Waals surface area contributed by atoms with Crippen molar-refractivity contribution in [2.45, 2.75) is 25.8 Å². The van der Waals surface area contributed by atoms with Gasteiger partial charge in [-0.3, -0.25) is 4.98 Å². The summed E-state index contributed by atoms with van der Waals surface area (Å²) in [5.74, 6) is 0. The molecule has 3 nitrogen and oxygen atoms in total. The van der Waals surface area contributed by atoms with Crippen LogP contribution in [0.25, 0.3) is 0 Å². The highest BCUT2D eigenvalue weighted by Crippen LogP contribution is 2.02. The highest BCUT2D eigenvalue weighted by atomic mass is 16.5. The van der Waals surface area contributed by atoms with Gasteiger partial charge in [0, 0.05) is 25.5 Å². The van der Waals surface area contributed by atoms with E-state index in [-0.39, 0.29) is 0 Å². The van der Waals surface area contributed by atoms with Crippen molar-refractivity contribution in [3.05, 3.63) is 30.1 Å². The van der Waals surface area contributed by atoms with E-state index in [2.05, 4.69) is 29.4 Å². The summed E-state index contributed by atoms with van der Waals surface area (Å²) in [5, 5.41) is 3.47. The van der Waals surface area contributed by atoms with E-state index < -0.39 is 0 Å². The summed E-state index contributed by atoms with van der Waals surface area (Å²) >= 11 is 0. The van der Waals surface area contributed by atoms with E-state index in [4.69, 9.17) is 4.74 Å². The van der Waals surface area contributed by atoms with Gasteiger partial charge in [-0.1, -0.05) is 6.92 Å². The third-order valence-electron chi connectivity index (χ3n) is 2.28. The summed E-state index contributed by atoms with van der Waals surface area (Å²) in [4.78, 5) is 4.01. The highest BCUT2D eigenvalue weighted by molar-refractivity contribution is 5.11. The summed E-state index contributed by atoms with van der Waals surface area (Å²) in [6, 6.07) is 4.50. The maximum absolute atomic E-state index is 5.20. The molecule has 0 aliphatic rings. The van der Waals surface area contributed by atoms with Crippen LogP contribution in [0.5, 0.6) is 0 Å². The molecule has 0 aromatic carbocycles. The molecule has 0 aliphatic heterocycles. The topological polar surface area (TPSA) is 34.1 Å². The second-order valence-corrected chi connectivity index (χ2v) is 3.67. The number of aromatic nitrogens is 1. The van der Waals surface area contributed by atoms with Crippen LogP contribution in [0.1, 0.15) is 18.9 Å². The van der Waals surface area contributed by atoms with Gasteiger partial charge in [0.2, 0.25) is 0 Å². The van der Waals surface area contributed by atoms with Crippen molar-refractivity contribution in [1.29, 1.82) is 0 Å². The lowest BCUT2D eigenvalue weighted by molar-refractivity contribution is 0.166. The maximum Gasteiger partial charge on any atom is 0.0619 e. The fourth-order valence-corrected chi connectivity index (χ4v) is 1.54. The Hall–Kier alpha value is -0.930. The molecule has 15 heavy (non-hydrogen) atoms. The fourth-order valence-electron chi connectivity index (χ4n) is 1.54. The standard InChI is InChI=1S/C12H20N2O/c1-3-6-14-12(10-15-2)9-11-4-7-13-8-5-11/h4-5,7-8,12,14H,3,6,9-10H2,1-2H3. The van der Waals surface area contributed by atoms with Gasteiger partial charge in [0.1, 0.15) is 0 Å². The first kappa shape index (κ1) is 12.1. The van der Waals surface area contributed by atoms with Gasteiger partial charge in [0.25, 0.3) is 0 Å². The molecule has 0 saturated carbocycles. The molecule has 0 aliphatic carbocycles. The third kappa shape index (κ3) is 4.91. The molecule has 1 heterocycles. The van der Waals surface area contributed by atoms with Crippen LogP contribution in [0.15, 0.2) is 24.5 Å².